The van der Waals surface area contributed by atoms with Gasteiger partial charge in [-0.3, -0.25) is 4.79 Å². The van der Waals surface area contributed by atoms with E-state index in [1.165, 1.54) is 11.1 Å². The molecule has 30 heavy (non-hydrogen) atoms. The highest BCUT2D eigenvalue weighted by Gasteiger charge is 2.24. The first-order valence-corrected chi connectivity index (χ1v) is 10.6. The van der Waals surface area contributed by atoms with E-state index in [2.05, 4.69) is 24.0 Å². The minimum Gasteiger partial charge on any atom is -0.493 e. The maximum absolute atomic E-state index is 11.0. The van der Waals surface area contributed by atoms with Crippen molar-refractivity contribution in [1.29, 1.82) is 0 Å². The van der Waals surface area contributed by atoms with E-state index in [1.54, 1.807) is 0 Å². The molecule has 0 fully saturated rings. The van der Waals surface area contributed by atoms with Gasteiger partial charge < -0.3 is 14.3 Å². The summed E-state index contributed by atoms with van der Waals surface area (Å²) in [6, 6.07) is 14.3. The zero-order chi connectivity index (χ0) is 21.1. The Labute approximate surface area is 176 Å². The quantitative estimate of drug-likeness (QED) is 0.548. The van der Waals surface area contributed by atoms with Crippen LogP contribution in [0.15, 0.2) is 46.9 Å². The Bertz CT molecular complexity index is 1040. The molecule has 1 aliphatic carbocycles. The van der Waals surface area contributed by atoms with Crippen molar-refractivity contribution >= 4 is 5.97 Å². The number of aromatic nitrogens is 1. The van der Waals surface area contributed by atoms with Crippen LogP contribution in [0, 0.1) is 6.92 Å². The smallest absolute Gasteiger partial charge is 0.303 e. The second-order valence-electron chi connectivity index (χ2n) is 7.86. The molecule has 0 amide bonds. The Morgan fingerprint density at radius 1 is 1.23 bits per heavy atom. The minimum atomic E-state index is -0.739. The number of hydrogen-bond acceptors (Lipinski definition) is 4. The SMILES string of the molecule is CCc1ccc(-c2nc(CCOc3ccc4c(c3)CCC4CC(=O)O)c(C)o2)cc1. The molecular formula is C25H27NO4. The summed E-state index contributed by atoms with van der Waals surface area (Å²) in [4.78, 5) is 15.7. The molecule has 0 radical (unpaired) electrons. The maximum atomic E-state index is 11.0. The lowest BCUT2D eigenvalue weighted by Crippen LogP contribution is -2.04. The third-order valence-corrected chi connectivity index (χ3v) is 5.85. The Morgan fingerprint density at radius 3 is 2.77 bits per heavy atom. The topological polar surface area (TPSA) is 72.6 Å². The number of ether oxygens (including phenoxy) is 1. The van der Waals surface area contributed by atoms with Crippen molar-refractivity contribution in [3.05, 3.63) is 70.6 Å². The normalized spacial score (nSPS) is 15.2. The molecule has 1 N–H and O–H groups in total. The summed E-state index contributed by atoms with van der Waals surface area (Å²) in [5.41, 5.74) is 5.54. The second-order valence-corrected chi connectivity index (χ2v) is 7.86. The molecule has 1 aromatic heterocycles. The molecule has 5 heteroatoms. The highest BCUT2D eigenvalue weighted by Crippen LogP contribution is 2.37. The van der Waals surface area contributed by atoms with Crippen LogP contribution in [0.5, 0.6) is 5.75 Å². The summed E-state index contributed by atoms with van der Waals surface area (Å²) < 4.78 is 11.8. The average molecular weight is 405 g/mol. The molecule has 1 unspecified atom stereocenters. The maximum Gasteiger partial charge on any atom is 0.303 e. The molecule has 4 rings (SSSR count). The number of carbonyl (C=O) groups is 1. The minimum absolute atomic E-state index is 0.120. The Morgan fingerprint density at radius 2 is 2.03 bits per heavy atom. The van der Waals surface area contributed by atoms with Crippen LogP contribution in [0.25, 0.3) is 11.5 Å². The van der Waals surface area contributed by atoms with Gasteiger partial charge in [0.15, 0.2) is 0 Å². The van der Waals surface area contributed by atoms with E-state index in [0.29, 0.717) is 18.9 Å². The van der Waals surface area contributed by atoms with Gasteiger partial charge in [-0.2, -0.15) is 0 Å². The number of rotatable bonds is 8. The first kappa shape index (κ1) is 20.2. The van der Waals surface area contributed by atoms with Gasteiger partial charge in [0.05, 0.1) is 18.7 Å². The number of oxazole rings is 1. The molecule has 1 aliphatic rings. The van der Waals surface area contributed by atoms with Gasteiger partial charge in [-0.25, -0.2) is 4.98 Å². The molecule has 1 heterocycles. The van der Waals surface area contributed by atoms with Gasteiger partial charge in [-0.15, -0.1) is 0 Å². The van der Waals surface area contributed by atoms with Crippen LogP contribution in [0.1, 0.15) is 53.8 Å². The number of benzene rings is 2. The zero-order valence-electron chi connectivity index (χ0n) is 17.5. The molecule has 1 atom stereocenters. The van der Waals surface area contributed by atoms with Crippen LogP contribution >= 0.6 is 0 Å². The molecular weight excluding hydrogens is 378 g/mol. The fourth-order valence-corrected chi connectivity index (χ4v) is 4.13. The van der Waals surface area contributed by atoms with Crippen molar-refractivity contribution in [1.82, 2.24) is 4.98 Å². The second kappa shape index (κ2) is 8.74. The lowest BCUT2D eigenvalue weighted by Gasteiger charge is -2.10. The fourth-order valence-electron chi connectivity index (χ4n) is 4.13. The Balaban J connectivity index is 1.37. The molecule has 0 bridgehead atoms. The molecule has 5 nitrogen and oxygen atoms in total. The van der Waals surface area contributed by atoms with Crippen LogP contribution < -0.4 is 4.74 Å². The van der Waals surface area contributed by atoms with E-state index in [4.69, 9.17) is 14.3 Å². The van der Waals surface area contributed by atoms with E-state index >= 15 is 0 Å². The summed E-state index contributed by atoms with van der Waals surface area (Å²) in [6.07, 6.45) is 3.68. The number of fused-ring (bicyclic) bond motifs is 1. The van der Waals surface area contributed by atoms with Crippen molar-refractivity contribution in [2.45, 2.75) is 51.9 Å². The van der Waals surface area contributed by atoms with Gasteiger partial charge in [-0.05, 0) is 73.1 Å². The predicted octanol–water partition coefficient (Wildman–Crippen LogP) is 5.34. The summed E-state index contributed by atoms with van der Waals surface area (Å²) in [7, 11) is 0. The summed E-state index contributed by atoms with van der Waals surface area (Å²) >= 11 is 0. The molecule has 0 spiro atoms. The van der Waals surface area contributed by atoms with Crippen molar-refractivity contribution in [3.8, 4) is 17.2 Å². The summed E-state index contributed by atoms with van der Waals surface area (Å²) in [6.45, 7) is 4.58. The number of carboxylic acids is 1. The standard InChI is InChI=1S/C25H27NO4/c1-3-17-4-6-18(7-5-17)25-26-23(16(2)30-25)12-13-29-21-10-11-22-19(14-21)8-9-20(22)15-24(27)28/h4-7,10-11,14,20H,3,8-9,12-13,15H2,1-2H3,(H,27,28). The van der Waals surface area contributed by atoms with Crippen molar-refractivity contribution in [2.24, 2.45) is 0 Å². The molecule has 3 aromatic rings. The van der Waals surface area contributed by atoms with Gasteiger partial charge in [-0.1, -0.05) is 25.1 Å². The molecule has 0 saturated heterocycles. The number of hydrogen-bond donors (Lipinski definition) is 1. The van der Waals surface area contributed by atoms with Gasteiger partial charge in [0.25, 0.3) is 0 Å². The van der Waals surface area contributed by atoms with Gasteiger partial charge >= 0.3 is 5.97 Å². The van der Waals surface area contributed by atoms with Crippen LogP contribution in [-0.4, -0.2) is 22.7 Å². The van der Waals surface area contributed by atoms with E-state index < -0.39 is 5.97 Å². The van der Waals surface area contributed by atoms with Crippen molar-refractivity contribution in [3.63, 3.8) is 0 Å². The number of nitrogens with zero attached hydrogens (tertiary/aromatic N) is 1. The van der Waals surface area contributed by atoms with Crippen LogP contribution in [-0.2, 0) is 24.1 Å². The molecule has 0 aliphatic heterocycles. The first-order valence-electron chi connectivity index (χ1n) is 10.6. The van der Waals surface area contributed by atoms with Gasteiger partial charge in [0, 0.05) is 12.0 Å². The summed E-state index contributed by atoms with van der Waals surface area (Å²) in [5, 5.41) is 9.06. The largest absolute Gasteiger partial charge is 0.493 e. The lowest BCUT2D eigenvalue weighted by atomic mass is 9.98. The predicted molar refractivity (Wildman–Crippen MR) is 115 cm³/mol. The lowest BCUT2D eigenvalue weighted by molar-refractivity contribution is -0.137. The third kappa shape index (κ3) is 4.40. The highest BCUT2D eigenvalue weighted by atomic mass is 16.5. The zero-order valence-corrected chi connectivity index (χ0v) is 17.5. The first-order chi connectivity index (χ1) is 14.5. The van der Waals surface area contributed by atoms with Gasteiger partial charge in [0.2, 0.25) is 5.89 Å². The van der Waals surface area contributed by atoms with Gasteiger partial charge in [0.1, 0.15) is 11.5 Å². The third-order valence-electron chi connectivity index (χ3n) is 5.85. The van der Waals surface area contributed by atoms with Crippen LogP contribution in [0.2, 0.25) is 0 Å². The van der Waals surface area contributed by atoms with E-state index in [1.807, 2.05) is 37.3 Å². The monoisotopic (exact) mass is 405 g/mol. The average Bonchev–Trinajstić information content (AvgIpc) is 3.31. The highest BCUT2D eigenvalue weighted by molar-refractivity contribution is 5.68. The summed E-state index contributed by atoms with van der Waals surface area (Å²) in [5.74, 6) is 1.66. The van der Waals surface area contributed by atoms with Crippen molar-refractivity contribution in [2.75, 3.05) is 6.61 Å². The molecule has 156 valence electrons. The molecule has 0 saturated carbocycles. The number of carboxylic acid groups (broad SMARTS) is 1. The Kier molecular flexibility index (Phi) is 5.88. The number of aryl methyl sites for hydroxylation is 3. The van der Waals surface area contributed by atoms with Crippen LogP contribution in [0.4, 0.5) is 0 Å². The Hall–Kier alpha value is -3.08. The van der Waals surface area contributed by atoms with E-state index in [0.717, 1.165) is 47.6 Å². The molecule has 2 aromatic carbocycles. The van der Waals surface area contributed by atoms with E-state index in [9.17, 15) is 4.79 Å². The van der Waals surface area contributed by atoms with Crippen LogP contribution in [0.3, 0.4) is 0 Å². The van der Waals surface area contributed by atoms with Crippen molar-refractivity contribution < 1.29 is 19.1 Å². The fraction of sp³-hybridized carbons (Fsp3) is 0.360. The van der Waals surface area contributed by atoms with E-state index in [-0.39, 0.29) is 12.3 Å². The number of aliphatic carboxylic acids is 1.